The molecule has 1 amide bonds. The maximum absolute atomic E-state index is 11.7. The van der Waals surface area contributed by atoms with Crippen molar-refractivity contribution in [1.82, 2.24) is 4.90 Å². The number of amides is 1. The summed E-state index contributed by atoms with van der Waals surface area (Å²) in [4.78, 5) is 24.6. The molecule has 0 aromatic rings. The third kappa shape index (κ3) is 3.68. The van der Waals surface area contributed by atoms with E-state index in [9.17, 15) is 9.59 Å². The monoisotopic (exact) mass is 225 g/mol. The number of ether oxygens (including phenoxy) is 1. The molecule has 0 radical (unpaired) electrons. The first-order valence-corrected chi connectivity index (χ1v) is 5.44. The number of piperidine rings is 1. The highest BCUT2D eigenvalue weighted by Gasteiger charge is 2.29. The van der Waals surface area contributed by atoms with Crippen LogP contribution in [0.25, 0.3) is 0 Å². The summed E-state index contributed by atoms with van der Waals surface area (Å²) in [5.74, 6) is 0.107. The van der Waals surface area contributed by atoms with Gasteiger partial charge in [0, 0.05) is 18.9 Å². The molecule has 1 atom stereocenters. The predicted octanol–water partition coefficient (Wildman–Crippen LogP) is 2.00. The van der Waals surface area contributed by atoms with Crippen LogP contribution >= 0.6 is 0 Å². The van der Waals surface area contributed by atoms with Gasteiger partial charge in [0.25, 0.3) is 0 Å². The van der Waals surface area contributed by atoms with E-state index < -0.39 is 11.7 Å². The summed E-state index contributed by atoms with van der Waals surface area (Å²) in [7, 11) is 0. The lowest BCUT2D eigenvalue weighted by Crippen LogP contribution is -2.46. The van der Waals surface area contributed by atoms with Crippen LogP contribution in [0.2, 0.25) is 0 Å². The number of carbonyl (C=O) groups excluding carboxylic acids is 2. The molecule has 0 N–H and O–H groups in total. The number of likely N-dealkylation sites (tertiary alicyclic amines) is 1. The number of carbonyl (C=O) groups is 2. The molecule has 1 fully saturated rings. The fourth-order valence-electron chi connectivity index (χ4n) is 1.61. The minimum atomic E-state index is -0.527. The van der Waals surface area contributed by atoms with Crippen molar-refractivity contribution in [3.05, 3.63) is 12.7 Å². The Morgan fingerprint density at radius 3 is 2.69 bits per heavy atom. The van der Waals surface area contributed by atoms with Crippen LogP contribution in [0.3, 0.4) is 0 Å². The highest BCUT2D eigenvalue weighted by atomic mass is 16.6. The summed E-state index contributed by atoms with van der Waals surface area (Å²) >= 11 is 0. The van der Waals surface area contributed by atoms with E-state index in [0.29, 0.717) is 13.0 Å². The van der Waals surface area contributed by atoms with Crippen molar-refractivity contribution in [2.45, 2.75) is 32.8 Å². The normalized spacial score (nSPS) is 21.8. The van der Waals surface area contributed by atoms with Gasteiger partial charge in [-0.15, -0.1) is 6.58 Å². The number of hydrogen-bond acceptors (Lipinski definition) is 3. The van der Waals surface area contributed by atoms with Crippen LogP contribution < -0.4 is 0 Å². The molecule has 1 unspecified atom stereocenters. The molecule has 4 nitrogen and oxygen atoms in total. The largest absolute Gasteiger partial charge is 0.444 e. The van der Waals surface area contributed by atoms with Crippen molar-refractivity contribution in [2.75, 3.05) is 13.1 Å². The van der Waals surface area contributed by atoms with Crippen LogP contribution in [0.1, 0.15) is 27.2 Å². The second-order valence-electron chi connectivity index (χ2n) is 5.10. The molecule has 0 bridgehead atoms. The second-order valence-corrected chi connectivity index (χ2v) is 5.10. The van der Waals surface area contributed by atoms with E-state index in [1.54, 1.807) is 6.08 Å². The van der Waals surface area contributed by atoms with Crippen LogP contribution in [0.15, 0.2) is 12.7 Å². The molecule has 90 valence electrons. The molecule has 16 heavy (non-hydrogen) atoms. The lowest BCUT2D eigenvalue weighted by atomic mass is 9.98. The van der Waals surface area contributed by atoms with E-state index in [1.807, 2.05) is 20.8 Å². The quantitative estimate of drug-likeness (QED) is 0.641. The zero-order valence-electron chi connectivity index (χ0n) is 10.2. The molecule has 0 aromatic heterocycles. The molecule has 0 aliphatic carbocycles. The van der Waals surface area contributed by atoms with Crippen molar-refractivity contribution in [3.63, 3.8) is 0 Å². The summed E-state index contributed by atoms with van der Waals surface area (Å²) in [6.07, 6.45) is 1.77. The highest BCUT2D eigenvalue weighted by molar-refractivity contribution is 5.85. The zero-order valence-corrected chi connectivity index (χ0v) is 10.2. The fraction of sp³-hybridized carbons (Fsp3) is 0.667. The minimum Gasteiger partial charge on any atom is -0.444 e. The first-order chi connectivity index (χ1) is 7.31. The van der Waals surface area contributed by atoms with Crippen LogP contribution in [0.5, 0.6) is 0 Å². The van der Waals surface area contributed by atoms with Gasteiger partial charge in [0.1, 0.15) is 5.60 Å². The smallest absolute Gasteiger partial charge is 0.410 e. The highest BCUT2D eigenvalue weighted by Crippen LogP contribution is 2.17. The summed E-state index contributed by atoms with van der Waals surface area (Å²) < 4.78 is 5.22. The Morgan fingerprint density at radius 1 is 1.56 bits per heavy atom. The minimum absolute atomic E-state index is 0.0498. The average molecular weight is 225 g/mol. The van der Waals surface area contributed by atoms with Crippen LogP contribution in [0, 0.1) is 5.92 Å². The first kappa shape index (κ1) is 12.7. The maximum Gasteiger partial charge on any atom is 0.410 e. The third-order valence-corrected chi connectivity index (χ3v) is 2.30. The number of Topliss-reactive ketones (excluding diaryl/α,β-unsaturated/α-hetero) is 1. The van der Waals surface area contributed by atoms with Crippen molar-refractivity contribution in [2.24, 2.45) is 5.92 Å². The SMILES string of the molecule is C=CC1CC(=O)CN(C(=O)OC(C)(C)C)C1. The van der Waals surface area contributed by atoms with Gasteiger partial charge in [0.05, 0.1) is 6.54 Å². The van der Waals surface area contributed by atoms with Gasteiger partial charge in [0.15, 0.2) is 5.78 Å². The van der Waals surface area contributed by atoms with E-state index >= 15 is 0 Å². The predicted molar refractivity (Wildman–Crippen MR) is 61.1 cm³/mol. The number of ketones is 1. The van der Waals surface area contributed by atoms with Crippen molar-refractivity contribution in [1.29, 1.82) is 0 Å². The Balaban J connectivity index is 2.62. The first-order valence-electron chi connectivity index (χ1n) is 5.44. The second kappa shape index (κ2) is 4.68. The molecular formula is C12H19NO3. The maximum atomic E-state index is 11.7. The van der Waals surface area contributed by atoms with Gasteiger partial charge in [0.2, 0.25) is 0 Å². The van der Waals surface area contributed by atoms with Crippen molar-refractivity contribution >= 4 is 11.9 Å². The van der Waals surface area contributed by atoms with E-state index in [-0.39, 0.29) is 18.2 Å². The average Bonchev–Trinajstić information content (AvgIpc) is 2.14. The van der Waals surface area contributed by atoms with Gasteiger partial charge in [-0.05, 0) is 20.8 Å². The Labute approximate surface area is 96.3 Å². The van der Waals surface area contributed by atoms with Crippen molar-refractivity contribution in [3.8, 4) is 0 Å². The molecule has 1 rings (SSSR count). The van der Waals surface area contributed by atoms with Gasteiger partial charge in [-0.25, -0.2) is 4.79 Å². The molecular weight excluding hydrogens is 206 g/mol. The molecule has 4 heteroatoms. The van der Waals surface area contributed by atoms with Gasteiger partial charge >= 0.3 is 6.09 Å². The summed E-state index contributed by atoms with van der Waals surface area (Å²) in [6.45, 7) is 9.75. The number of nitrogens with zero attached hydrogens (tertiary/aromatic N) is 1. The summed E-state index contributed by atoms with van der Waals surface area (Å²) in [6, 6.07) is 0. The van der Waals surface area contributed by atoms with E-state index in [2.05, 4.69) is 6.58 Å². The van der Waals surface area contributed by atoms with Gasteiger partial charge in [-0.2, -0.15) is 0 Å². The van der Waals surface area contributed by atoms with E-state index in [4.69, 9.17) is 4.74 Å². The van der Waals surface area contributed by atoms with Crippen LogP contribution in [0.4, 0.5) is 4.79 Å². The van der Waals surface area contributed by atoms with Gasteiger partial charge in [-0.3, -0.25) is 4.79 Å². The summed E-state index contributed by atoms with van der Waals surface area (Å²) in [5, 5.41) is 0. The standard InChI is InChI=1S/C12H19NO3/c1-5-9-6-10(14)8-13(7-9)11(15)16-12(2,3)4/h5,9H,1,6-8H2,2-4H3. The molecule has 0 spiro atoms. The number of hydrogen-bond donors (Lipinski definition) is 0. The van der Waals surface area contributed by atoms with Crippen LogP contribution in [-0.4, -0.2) is 35.5 Å². The van der Waals surface area contributed by atoms with Gasteiger partial charge < -0.3 is 9.64 Å². The Bertz CT molecular complexity index is 304. The Morgan fingerprint density at radius 2 is 2.19 bits per heavy atom. The summed E-state index contributed by atoms with van der Waals surface area (Å²) in [5.41, 5.74) is -0.527. The molecule has 0 aromatic carbocycles. The lowest BCUT2D eigenvalue weighted by molar-refractivity contribution is -0.123. The van der Waals surface area contributed by atoms with Crippen molar-refractivity contribution < 1.29 is 14.3 Å². The Kier molecular flexibility index (Phi) is 3.73. The number of rotatable bonds is 1. The lowest BCUT2D eigenvalue weighted by Gasteiger charge is -2.32. The molecule has 1 aliphatic heterocycles. The zero-order chi connectivity index (χ0) is 12.3. The van der Waals surface area contributed by atoms with E-state index in [0.717, 1.165) is 0 Å². The Hall–Kier alpha value is -1.32. The van der Waals surface area contributed by atoms with Gasteiger partial charge in [-0.1, -0.05) is 6.08 Å². The fourth-order valence-corrected chi connectivity index (χ4v) is 1.61. The van der Waals surface area contributed by atoms with E-state index in [1.165, 1.54) is 4.90 Å². The third-order valence-electron chi connectivity index (χ3n) is 2.30. The topological polar surface area (TPSA) is 46.6 Å². The molecule has 1 heterocycles. The molecule has 0 saturated carbocycles. The molecule has 1 saturated heterocycles. The molecule has 1 aliphatic rings. The van der Waals surface area contributed by atoms with Crippen LogP contribution in [-0.2, 0) is 9.53 Å².